The van der Waals surface area contributed by atoms with E-state index in [0.717, 1.165) is 5.56 Å². The Bertz CT molecular complexity index is 819. The van der Waals surface area contributed by atoms with Crippen molar-refractivity contribution in [1.82, 2.24) is 0 Å². The molecule has 0 bridgehead atoms. The Kier molecular flexibility index (Phi) is 3.93. The minimum atomic E-state index is -0.472. The molecule has 1 heterocycles. The van der Waals surface area contributed by atoms with Crippen molar-refractivity contribution in [2.24, 2.45) is 0 Å². The molecule has 0 saturated heterocycles. The number of nitriles is 1. The molecule has 1 aliphatic rings. The summed E-state index contributed by atoms with van der Waals surface area (Å²) in [4.78, 5) is 10.2. The van der Waals surface area contributed by atoms with E-state index in [2.05, 4.69) is 6.07 Å². The lowest BCUT2D eigenvalue weighted by Gasteiger charge is -2.18. The monoisotopic (exact) mass is 308 g/mol. The van der Waals surface area contributed by atoms with E-state index in [9.17, 15) is 15.4 Å². The zero-order valence-corrected chi connectivity index (χ0v) is 12.1. The molecule has 2 aromatic rings. The van der Waals surface area contributed by atoms with Crippen LogP contribution in [0.2, 0.25) is 0 Å². The molecule has 0 fully saturated rings. The van der Waals surface area contributed by atoms with Gasteiger partial charge in [0.15, 0.2) is 11.5 Å². The van der Waals surface area contributed by atoms with Gasteiger partial charge in [-0.15, -0.1) is 0 Å². The van der Waals surface area contributed by atoms with Gasteiger partial charge in [0.1, 0.15) is 13.2 Å². The summed E-state index contributed by atoms with van der Waals surface area (Å²) in [5, 5.41) is 20.0. The van der Waals surface area contributed by atoms with Gasteiger partial charge >= 0.3 is 0 Å². The lowest BCUT2D eigenvalue weighted by atomic mass is 10.0. The lowest BCUT2D eigenvalue weighted by molar-refractivity contribution is -0.384. The van der Waals surface area contributed by atoms with E-state index < -0.39 is 4.92 Å². The number of nitro benzene ring substituents is 1. The summed E-state index contributed by atoms with van der Waals surface area (Å²) in [6.45, 7) is 1.02. The van der Waals surface area contributed by atoms with Crippen molar-refractivity contribution in [3.05, 3.63) is 63.7 Å². The standard InChI is InChI=1S/C17H12N2O4/c18-11-14(13-2-4-15(5-3-13)19(20)21)9-12-1-6-16-17(10-12)23-8-7-22-16/h1-6,9-10H,7-8H2/b14-9-. The van der Waals surface area contributed by atoms with Gasteiger partial charge in [0.25, 0.3) is 5.69 Å². The van der Waals surface area contributed by atoms with E-state index in [4.69, 9.17) is 9.47 Å². The lowest BCUT2D eigenvalue weighted by Crippen LogP contribution is -2.15. The molecule has 114 valence electrons. The number of hydrogen-bond acceptors (Lipinski definition) is 5. The van der Waals surface area contributed by atoms with Gasteiger partial charge in [-0.2, -0.15) is 5.26 Å². The van der Waals surface area contributed by atoms with Gasteiger partial charge in [-0.25, -0.2) is 0 Å². The highest BCUT2D eigenvalue weighted by Gasteiger charge is 2.12. The fourth-order valence-electron chi connectivity index (χ4n) is 2.26. The summed E-state index contributed by atoms with van der Waals surface area (Å²) in [5.74, 6) is 1.33. The number of nitrogens with zero attached hydrogens (tertiary/aromatic N) is 2. The van der Waals surface area contributed by atoms with Crippen LogP contribution in [0, 0.1) is 21.4 Å². The molecule has 3 rings (SSSR count). The molecule has 0 amide bonds. The molecule has 0 saturated carbocycles. The molecule has 0 unspecified atom stereocenters. The molecular weight excluding hydrogens is 296 g/mol. The fourth-order valence-corrected chi connectivity index (χ4v) is 2.26. The van der Waals surface area contributed by atoms with Crippen LogP contribution in [0.25, 0.3) is 11.6 Å². The molecule has 0 radical (unpaired) electrons. The molecule has 0 N–H and O–H groups in total. The quantitative estimate of drug-likeness (QED) is 0.375. The first kappa shape index (κ1) is 14.6. The van der Waals surface area contributed by atoms with Gasteiger partial charge in [0.05, 0.1) is 16.6 Å². The predicted molar refractivity (Wildman–Crippen MR) is 84.0 cm³/mol. The van der Waals surface area contributed by atoms with E-state index in [0.29, 0.717) is 35.8 Å². The zero-order valence-electron chi connectivity index (χ0n) is 12.1. The summed E-state index contributed by atoms with van der Waals surface area (Å²) in [5.41, 5.74) is 1.82. The fraction of sp³-hybridized carbons (Fsp3) is 0.118. The van der Waals surface area contributed by atoms with Crippen LogP contribution in [0.1, 0.15) is 11.1 Å². The average Bonchev–Trinajstić information content (AvgIpc) is 2.59. The summed E-state index contributed by atoms with van der Waals surface area (Å²) in [6.07, 6.45) is 1.71. The highest BCUT2D eigenvalue weighted by molar-refractivity contribution is 5.90. The van der Waals surface area contributed by atoms with Crippen LogP contribution in [-0.2, 0) is 0 Å². The predicted octanol–water partition coefficient (Wildman–Crippen LogP) is 3.43. The van der Waals surface area contributed by atoms with E-state index in [-0.39, 0.29) is 5.69 Å². The molecule has 1 aliphatic heterocycles. The Morgan fingerprint density at radius 1 is 1.13 bits per heavy atom. The first-order chi connectivity index (χ1) is 11.2. The zero-order chi connectivity index (χ0) is 16.2. The van der Waals surface area contributed by atoms with Crippen molar-refractivity contribution in [3.8, 4) is 17.6 Å². The molecule has 0 aromatic heterocycles. The first-order valence-electron chi connectivity index (χ1n) is 6.93. The van der Waals surface area contributed by atoms with E-state index in [1.807, 2.05) is 6.07 Å². The summed E-state index contributed by atoms with van der Waals surface area (Å²) in [7, 11) is 0. The maximum atomic E-state index is 10.7. The minimum Gasteiger partial charge on any atom is -0.486 e. The SMILES string of the molecule is N#C/C(=C/c1ccc2c(c1)OCCO2)c1ccc([N+](=O)[O-])cc1. The van der Waals surface area contributed by atoms with Crippen LogP contribution in [0.4, 0.5) is 5.69 Å². The van der Waals surface area contributed by atoms with Crippen LogP contribution in [0.3, 0.4) is 0 Å². The Balaban J connectivity index is 1.92. The van der Waals surface area contributed by atoms with E-state index in [1.54, 1.807) is 30.3 Å². The Morgan fingerprint density at radius 3 is 2.48 bits per heavy atom. The third-order valence-corrected chi connectivity index (χ3v) is 3.39. The van der Waals surface area contributed by atoms with Crippen molar-refractivity contribution < 1.29 is 14.4 Å². The second-order valence-corrected chi connectivity index (χ2v) is 4.88. The molecule has 6 nitrogen and oxygen atoms in total. The third-order valence-electron chi connectivity index (χ3n) is 3.39. The van der Waals surface area contributed by atoms with Crippen molar-refractivity contribution in [2.45, 2.75) is 0 Å². The van der Waals surface area contributed by atoms with Gasteiger partial charge in [0, 0.05) is 12.1 Å². The number of non-ortho nitro benzene ring substituents is 1. The molecule has 2 aromatic carbocycles. The number of allylic oxidation sites excluding steroid dienone is 1. The Morgan fingerprint density at radius 2 is 1.83 bits per heavy atom. The van der Waals surface area contributed by atoms with E-state index >= 15 is 0 Å². The molecule has 0 aliphatic carbocycles. The number of nitro groups is 1. The number of fused-ring (bicyclic) bond motifs is 1. The normalized spacial score (nSPS) is 13.3. The van der Waals surface area contributed by atoms with Gasteiger partial charge in [-0.05, 0) is 41.5 Å². The average molecular weight is 308 g/mol. The third kappa shape index (κ3) is 3.14. The number of ether oxygens (including phenoxy) is 2. The number of rotatable bonds is 3. The second kappa shape index (κ2) is 6.20. The van der Waals surface area contributed by atoms with Gasteiger partial charge in [-0.1, -0.05) is 6.07 Å². The van der Waals surface area contributed by atoms with Crippen LogP contribution >= 0.6 is 0 Å². The van der Waals surface area contributed by atoms with Crippen LogP contribution in [0.15, 0.2) is 42.5 Å². The van der Waals surface area contributed by atoms with E-state index in [1.165, 1.54) is 12.1 Å². The van der Waals surface area contributed by atoms with Crippen LogP contribution in [-0.4, -0.2) is 18.1 Å². The Hall–Kier alpha value is -3.33. The Labute approximate surface area is 132 Å². The largest absolute Gasteiger partial charge is 0.486 e. The summed E-state index contributed by atoms with van der Waals surface area (Å²) >= 11 is 0. The van der Waals surface area contributed by atoms with Crippen molar-refractivity contribution in [2.75, 3.05) is 13.2 Å². The minimum absolute atomic E-state index is 0.00892. The van der Waals surface area contributed by atoms with Gasteiger partial charge in [-0.3, -0.25) is 10.1 Å². The highest BCUT2D eigenvalue weighted by atomic mass is 16.6. The van der Waals surface area contributed by atoms with Gasteiger partial charge in [0.2, 0.25) is 0 Å². The maximum absolute atomic E-state index is 10.7. The molecule has 6 heteroatoms. The molecular formula is C17H12N2O4. The second-order valence-electron chi connectivity index (χ2n) is 4.88. The van der Waals surface area contributed by atoms with Gasteiger partial charge < -0.3 is 9.47 Å². The van der Waals surface area contributed by atoms with Crippen LogP contribution in [0.5, 0.6) is 11.5 Å². The molecule has 0 atom stereocenters. The molecule has 23 heavy (non-hydrogen) atoms. The number of benzene rings is 2. The van der Waals surface area contributed by atoms with Crippen molar-refractivity contribution in [1.29, 1.82) is 5.26 Å². The smallest absolute Gasteiger partial charge is 0.269 e. The summed E-state index contributed by atoms with van der Waals surface area (Å²) < 4.78 is 11.0. The first-order valence-corrected chi connectivity index (χ1v) is 6.93. The van der Waals surface area contributed by atoms with Crippen molar-refractivity contribution in [3.63, 3.8) is 0 Å². The highest BCUT2D eigenvalue weighted by Crippen LogP contribution is 2.32. The number of hydrogen-bond donors (Lipinski definition) is 0. The maximum Gasteiger partial charge on any atom is 0.269 e. The summed E-state index contributed by atoms with van der Waals surface area (Å²) in [6, 6.07) is 13.4. The van der Waals surface area contributed by atoms with Crippen molar-refractivity contribution >= 4 is 17.3 Å². The topological polar surface area (TPSA) is 85.4 Å². The molecule has 0 spiro atoms. The van der Waals surface area contributed by atoms with Crippen LogP contribution < -0.4 is 9.47 Å².